The van der Waals surface area contributed by atoms with Gasteiger partial charge in [-0.1, -0.05) is 0 Å². The van der Waals surface area contributed by atoms with Gasteiger partial charge in [0.25, 0.3) is 10.2 Å². The van der Waals surface area contributed by atoms with E-state index in [1.807, 2.05) is 7.05 Å². The van der Waals surface area contributed by atoms with Crippen molar-refractivity contribution in [3.8, 4) is 0 Å². The molecule has 0 aromatic rings. The van der Waals surface area contributed by atoms with Gasteiger partial charge in [0.2, 0.25) is 0 Å². The van der Waals surface area contributed by atoms with E-state index in [2.05, 4.69) is 10.0 Å². The molecule has 0 heterocycles. The van der Waals surface area contributed by atoms with Crippen LogP contribution in [-0.2, 0) is 14.9 Å². The Morgan fingerprint density at radius 2 is 2.00 bits per heavy atom. The molecule has 0 amide bonds. The maximum atomic E-state index is 11.5. The molecule has 0 aromatic heterocycles. The standard InChI is InChI=1S/C8H21N3O3S/c1-9-5-4-6-10-15(12,13)11(2)7-8-14-3/h9-10H,4-8H2,1-3H3. The first-order valence-corrected chi connectivity index (χ1v) is 6.33. The summed E-state index contributed by atoms with van der Waals surface area (Å²) in [5.74, 6) is 0. The van der Waals surface area contributed by atoms with Crippen LogP contribution in [0.4, 0.5) is 0 Å². The molecule has 0 radical (unpaired) electrons. The average molecular weight is 239 g/mol. The van der Waals surface area contributed by atoms with Gasteiger partial charge in [0, 0.05) is 27.2 Å². The van der Waals surface area contributed by atoms with Gasteiger partial charge in [-0.25, -0.2) is 4.72 Å². The topological polar surface area (TPSA) is 70.7 Å². The van der Waals surface area contributed by atoms with Crippen LogP contribution in [0.3, 0.4) is 0 Å². The fourth-order valence-corrected chi connectivity index (χ4v) is 1.85. The molecule has 2 N–H and O–H groups in total. The normalized spacial score (nSPS) is 12.3. The predicted octanol–water partition coefficient (Wildman–Crippen LogP) is -0.991. The lowest BCUT2D eigenvalue weighted by Gasteiger charge is -2.16. The zero-order valence-electron chi connectivity index (χ0n) is 9.62. The molecule has 0 fully saturated rings. The second kappa shape index (κ2) is 8.00. The molecule has 0 atom stereocenters. The van der Waals surface area contributed by atoms with Crippen molar-refractivity contribution in [2.75, 3.05) is 47.4 Å². The third kappa shape index (κ3) is 6.80. The maximum Gasteiger partial charge on any atom is 0.279 e. The van der Waals surface area contributed by atoms with Crippen molar-refractivity contribution >= 4 is 10.2 Å². The molecule has 0 unspecified atom stereocenters. The predicted molar refractivity (Wildman–Crippen MR) is 60.0 cm³/mol. The SMILES string of the molecule is CNCCCNS(=O)(=O)N(C)CCOC. The summed E-state index contributed by atoms with van der Waals surface area (Å²) in [6.07, 6.45) is 0.772. The van der Waals surface area contributed by atoms with Gasteiger partial charge >= 0.3 is 0 Å². The average Bonchev–Trinajstić information content (AvgIpc) is 2.21. The van der Waals surface area contributed by atoms with Gasteiger partial charge in [-0.15, -0.1) is 0 Å². The Bertz CT molecular complexity index is 244. The number of nitrogens with one attached hydrogen (secondary N) is 2. The Labute approximate surface area is 92.2 Å². The van der Waals surface area contributed by atoms with Crippen LogP contribution in [0, 0.1) is 0 Å². The number of likely N-dealkylation sites (N-methyl/N-ethyl adjacent to an activating group) is 1. The molecule has 0 aliphatic heterocycles. The Hall–Kier alpha value is -0.210. The molecule has 0 aliphatic rings. The Morgan fingerprint density at radius 1 is 1.33 bits per heavy atom. The monoisotopic (exact) mass is 239 g/mol. The third-order valence-electron chi connectivity index (χ3n) is 1.91. The van der Waals surface area contributed by atoms with E-state index in [0.29, 0.717) is 19.7 Å². The minimum Gasteiger partial charge on any atom is -0.383 e. The fraction of sp³-hybridized carbons (Fsp3) is 1.00. The van der Waals surface area contributed by atoms with Crippen LogP contribution in [-0.4, -0.2) is 60.2 Å². The number of ether oxygens (including phenoxy) is 1. The summed E-state index contributed by atoms with van der Waals surface area (Å²) in [5.41, 5.74) is 0. The van der Waals surface area contributed by atoms with Gasteiger partial charge in [0.15, 0.2) is 0 Å². The molecule has 15 heavy (non-hydrogen) atoms. The number of hydrogen-bond donors (Lipinski definition) is 2. The first-order chi connectivity index (χ1) is 7.04. The van der Waals surface area contributed by atoms with Gasteiger partial charge in [-0.3, -0.25) is 0 Å². The summed E-state index contributed by atoms with van der Waals surface area (Å²) in [5, 5.41) is 2.95. The summed E-state index contributed by atoms with van der Waals surface area (Å²) in [6, 6.07) is 0. The van der Waals surface area contributed by atoms with Crippen LogP contribution in [0.1, 0.15) is 6.42 Å². The largest absolute Gasteiger partial charge is 0.383 e. The van der Waals surface area contributed by atoms with Crippen molar-refractivity contribution in [2.24, 2.45) is 0 Å². The Kier molecular flexibility index (Phi) is 7.89. The second-order valence-corrected chi connectivity index (χ2v) is 5.03. The minimum absolute atomic E-state index is 0.359. The molecule has 6 nitrogen and oxygen atoms in total. The minimum atomic E-state index is -3.34. The van der Waals surface area contributed by atoms with E-state index in [-0.39, 0.29) is 0 Å². The quantitative estimate of drug-likeness (QED) is 0.507. The third-order valence-corrected chi connectivity index (χ3v) is 3.48. The zero-order chi connectivity index (χ0) is 11.7. The van der Waals surface area contributed by atoms with Gasteiger partial charge in [-0.05, 0) is 20.0 Å². The molecule has 0 rings (SSSR count). The lowest BCUT2D eigenvalue weighted by molar-refractivity contribution is 0.184. The molecule has 7 heteroatoms. The highest BCUT2D eigenvalue weighted by molar-refractivity contribution is 7.87. The molecule has 0 aliphatic carbocycles. The van der Waals surface area contributed by atoms with Crippen molar-refractivity contribution in [3.05, 3.63) is 0 Å². The molecular weight excluding hydrogens is 218 g/mol. The smallest absolute Gasteiger partial charge is 0.279 e. The Morgan fingerprint density at radius 3 is 2.53 bits per heavy atom. The number of methoxy groups -OCH3 is 1. The Balaban J connectivity index is 3.84. The highest BCUT2D eigenvalue weighted by Crippen LogP contribution is 1.93. The molecule has 0 saturated heterocycles. The highest BCUT2D eigenvalue weighted by atomic mass is 32.2. The molecule has 0 aromatic carbocycles. The summed E-state index contributed by atoms with van der Waals surface area (Å²) in [6.45, 7) is 2.00. The highest BCUT2D eigenvalue weighted by Gasteiger charge is 2.15. The maximum absolute atomic E-state index is 11.5. The summed E-state index contributed by atoms with van der Waals surface area (Å²) in [7, 11) is 1.56. The number of nitrogens with zero attached hydrogens (tertiary/aromatic N) is 1. The van der Waals surface area contributed by atoms with E-state index in [9.17, 15) is 8.42 Å². The van der Waals surface area contributed by atoms with Gasteiger partial charge in [0.05, 0.1) is 6.61 Å². The lowest BCUT2D eigenvalue weighted by Crippen LogP contribution is -2.40. The van der Waals surface area contributed by atoms with Crippen molar-refractivity contribution in [2.45, 2.75) is 6.42 Å². The van der Waals surface area contributed by atoms with Crippen LogP contribution in [0.5, 0.6) is 0 Å². The molecule has 0 spiro atoms. The van der Waals surface area contributed by atoms with Crippen LogP contribution < -0.4 is 10.0 Å². The number of rotatable bonds is 9. The molecule has 0 saturated carbocycles. The summed E-state index contributed by atoms with van der Waals surface area (Å²) >= 11 is 0. The van der Waals surface area contributed by atoms with Crippen LogP contribution in [0.25, 0.3) is 0 Å². The molecule has 92 valence electrons. The zero-order valence-corrected chi connectivity index (χ0v) is 10.4. The first kappa shape index (κ1) is 14.8. The van der Waals surface area contributed by atoms with Crippen LogP contribution in [0.2, 0.25) is 0 Å². The van der Waals surface area contributed by atoms with Gasteiger partial charge < -0.3 is 10.1 Å². The number of hydrogen-bond acceptors (Lipinski definition) is 4. The van der Waals surface area contributed by atoms with E-state index in [1.165, 1.54) is 11.4 Å². The van der Waals surface area contributed by atoms with Crippen LogP contribution >= 0.6 is 0 Å². The van der Waals surface area contributed by atoms with Gasteiger partial charge in [0.1, 0.15) is 0 Å². The van der Waals surface area contributed by atoms with Gasteiger partial charge in [-0.2, -0.15) is 12.7 Å². The first-order valence-electron chi connectivity index (χ1n) is 4.89. The van der Waals surface area contributed by atoms with Crippen LogP contribution in [0.15, 0.2) is 0 Å². The van der Waals surface area contributed by atoms with E-state index >= 15 is 0 Å². The lowest BCUT2D eigenvalue weighted by atomic mass is 10.4. The second-order valence-electron chi connectivity index (χ2n) is 3.17. The van der Waals surface area contributed by atoms with E-state index in [4.69, 9.17) is 4.74 Å². The fourth-order valence-electron chi connectivity index (χ4n) is 0.917. The summed E-state index contributed by atoms with van der Waals surface area (Å²) < 4.78 is 31.6. The molecule has 0 bridgehead atoms. The van der Waals surface area contributed by atoms with Crippen molar-refractivity contribution in [3.63, 3.8) is 0 Å². The van der Waals surface area contributed by atoms with E-state index in [0.717, 1.165) is 13.0 Å². The van der Waals surface area contributed by atoms with E-state index < -0.39 is 10.2 Å². The van der Waals surface area contributed by atoms with Crippen molar-refractivity contribution in [1.82, 2.24) is 14.3 Å². The van der Waals surface area contributed by atoms with E-state index in [1.54, 1.807) is 7.11 Å². The molecular formula is C8H21N3O3S. The van der Waals surface area contributed by atoms with Crippen molar-refractivity contribution < 1.29 is 13.2 Å². The summed E-state index contributed by atoms with van der Waals surface area (Å²) in [4.78, 5) is 0. The van der Waals surface area contributed by atoms with Crippen molar-refractivity contribution in [1.29, 1.82) is 0 Å².